The molecule has 1 amide bonds. The van der Waals surface area contributed by atoms with E-state index in [9.17, 15) is 4.79 Å². The summed E-state index contributed by atoms with van der Waals surface area (Å²) in [6, 6.07) is 8.19. The lowest BCUT2D eigenvalue weighted by atomic mass is 9.84. The van der Waals surface area contributed by atoms with Crippen molar-refractivity contribution in [1.29, 1.82) is 0 Å². The Balaban J connectivity index is 2.00. The number of rotatable bonds is 6. The van der Waals surface area contributed by atoms with Gasteiger partial charge in [-0.2, -0.15) is 0 Å². The fourth-order valence-corrected chi connectivity index (χ4v) is 3.39. The third-order valence-electron chi connectivity index (χ3n) is 4.14. The summed E-state index contributed by atoms with van der Waals surface area (Å²) in [7, 11) is 1.90. The van der Waals surface area contributed by atoms with E-state index < -0.39 is 0 Å². The molecule has 110 valence electrons. The van der Waals surface area contributed by atoms with Crippen LogP contribution in [-0.2, 0) is 10.2 Å². The standard InChI is InChI=1S/C16H23BrN2O/c1-15(2,12-6-4-5-7-13(12)17)10-19-14(20)16(8-9-16)11-18-3/h4-7,18H,8-11H2,1-3H3,(H,19,20). The second-order valence-electron chi connectivity index (χ2n) is 6.36. The average Bonchev–Trinajstić information content (AvgIpc) is 3.18. The molecule has 1 aliphatic rings. The summed E-state index contributed by atoms with van der Waals surface area (Å²) in [6.07, 6.45) is 1.99. The van der Waals surface area contributed by atoms with Crippen LogP contribution in [0.2, 0.25) is 0 Å². The van der Waals surface area contributed by atoms with Gasteiger partial charge in [-0.15, -0.1) is 0 Å². The van der Waals surface area contributed by atoms with Crippen molar-refractivity contribution in [3.63, 3.8) is 0 Å². The first-order chi connectivity index (χ1) is 9.41. The maximum atomic E-state index is 12.3. The Morgan fingerprint density at radius 3 is 2.55 bits per heavy atom. The van der Waals surface area contributed by atoms with Crippen molar-refractivity contribution in [1.82, 2.24) is 10.6 Å². The minimum Gasteiger partial charge on any atom is -0.355 e. The van der Waals surface area contributed by atoms with Crippen LogP contribution in [-0.4, -0.2) is 26.0 Å². The molecule has 0 aliphatic heterocycles. The minimum atomic E-state index is -0.154. The highest BCUT2D eigenvalue weighted by atomic mass is 79.9. The summed E-state index contributed by atoms with van der Waals surface area (Å²) >= 11 is 3.59. The van der Waals surface area contributed by atoms with Crippen LogP contribution in [0.3, 0.4) is 0 Å². The number of benzene rings is 1. The van der Waals surface area contributed by atoms with E-state index in [0.29, 0.717) is 6.54 Å². The van der Waals surface area contributed by atoms with Crippen molar-refractivity contribution in [2.24, 2.45) is 5.41 Å². The van der Waals surface area contributed by atoms with Crippen LogP contribution in [0.25, 0.3) is 0 Å². The Morgan fingerprint density at radius 2 is 2.00 bits per heavy atom. The van der Waals surface area contributed by atoms with Gasteiger partial charge in [0.05, 0.1) is 5.41 Å². The highest BCUT2D eigenvalue weighted by Gasteiger charge is 2.49. The number of carbonyl (C=O) groups is 1. The lowest BCUT2D eigenvalue weighted by Crippen LogP contribution is -2.43. The number of hydrogen-bond acceptors (Lipinski definition) is 2. The topological polar surface area (TPSA) is 41.1 Å². The van der Waals surface area contributed by atoms with Crippen LogP contribution in [0.1, 0.15) is 32.3 Å². The molecule has 1 aliphatic carbocycles. The van der Waals surface area contributed by atoms with Gasteiger partial charge in [0.1, 0.15) is 0 Å². The Hall–Kier alpha value is -0.870. The Bertz CT molecular complexity index is 495. The van der Waals surface area contributed by atoms with Crippen LogP contribution in [0.15, 0.2) is 28.7 Å². The molecule has 1 saturated carbocycles. The summed E-state index contributed by atoms with van der Waals surface area (Å²) < 4.78 is 1.09. The van der Waals surface area contributed by atoms with Crippen molar-refractivity contribution in [2.75, 3.05) is 20.1 Å². The van der Waals surface area contributed by atoms with Crippen LogP contribution in [0.5, 0.6) is 0 Å². The second kappa shape index (κ2) is 5.86. The van der Waals surface area contributed by atoms with Crippen molar-refractivity contribution in [3.8, 4) is 0 Å². The number of amides is 1. The monoisotopic (exact) mass is 338 g/mol. The quantitative estimate of drug-likeness (QED) is 0.837. The summed E-state index contributed by atoms with van der Waals surface area (Å²) in [5, 5.41) is 6.26. The molecule has 0 aromatic heterocycles. The van der Waals surface area contributed by atoms with E-state index in [4.69, 9.17) is 0 Å². The van der Waals surface area contributed by atoms with E-state index in [1.54, 1.807) is 0 Å². The van der Waals surface area contributed by atoms with Gasteiger partial charge in [-0.1, -0.05) is 48.0 Å². The molecule has 3 nitrogen and oxygen atoms in total. The smallest absolute Gasteiger partial charge is 0.227 e. The van der Waals surface area contributed by atoms with Crippen molar-refractivity contribution < 1.29 is 4.79 Å². The molecule has 20 heavy (non-hydrogen) atoms. The number of hydrogen-bond donors (Lipinski definition) is 2. The molecule has 2 N–H and O–H groups in total. The Morgan fingerprint density at radius 1 is 1.35 bits per heavy atom. The molecule has 0 bridgehead atoms. The predicted octanol–water partition coefficient (Wildman–Crippen LogP) is 2.84. The van der Waals surface area contributed by atoms with Gasteiger partial charge in [0.2, 0.25) is 5.91 Å². The van der Waals surface area contributed by atoms with Crippen LogP contribution >= 0.6 is 15.9 Å². The summed E-state index contributed by atoms with van der Waals surface area (Å²) in [5.41, 5.74) is 0.975. The zero-order valence-corrected chi connectivity index (χ0v) is 14.0. The van der Waals surface area contributed by atoms with Crippen molar-refractivity contribution in [2.45, 2.75) is 32.1 Å². The van der Waals surface area contributed by atoms with Crippen LogP contribution in [0, 0.1) is 5.41 Å². The Kier molecular flexibility index (Phi) is 4.55. The van der Waals surface area contributed by atoms with Gasteiger partial charge in [-0.3, -0.25) is 4.79 Å². The summed E-state index contributed by atoms with van der Waals surface area (Å²) in [4.78, 5) is 12.3. The molecule has 0 radical (unpaired) electrons. The predicted molar refractivity (Wildman–Crippen MR) is 85.8 cm³/mol. The fourth-order valence-electron chi connectivity index (χ4n) is 2.57. The van der Waals surface area contributed by atoms with Crippen molar-refractivity contribution >= 4 is 21.8 Å². The second-order valence-corrected chi connectivity index (χ2v) is 7.21. The van der Waals surface area contributed by atoms with E-state index in [0.717, 1.165) is 23.9 Å². The fraction of sp³-hybridized carbons (Fsp3) is 0.562. The minimum absolute atomic E-state index is 0.0918. The molecular weight excluding hydrogens is 316 g/mol. The summed E-state index contributed by atoms with van der Waals surface area (Å²) in [6.45, 7) is 5.74. The lowest BCUT2D eigenvalue weighted by molar-refractivity contribution is -0.126. The van der Waals surface area contributed by atoms with E-state index in [2.05, 4.69) is 46.5 Å². The van der Waals surface area contributed by atoms with Gasteiger partial charge in [-0.25, -0.2) is 0 Å². The molecule has 1 aromatic carbocycles. The maximum Gasteiger partial charge on any atom is 0.227 e. The van der Waals surface area contributed by atoms with Gasteiger partial charge < -0.3 is 10.6 Å². The van der Waals surface area contributed by atoms with E-state index in [1.165, 1.54) is 5.56 Å². The number of halogens is 1. The molecule has 4 heteroatoms. The SMILES string of the molecule is CNCC1(C(=O)NCC(C)(C)c2ccccc2Br)CC1. The molecule has 0 unspecified atom stereocenters. The molecule has 0 spiro atoms. The van der Waals surface area contributed by atoms with Crippen LogP contribution < -0.4 is 10.6 Å². The zero-order chi connectivity index (χ0) is 14.8. The highest BCUT2D eigenvalue weighted by molar-refractivity contribution is 9.10. The van der Waals surface area contributed by atoms with E-state index >= 15 is 0 Å². The van der Waals surface area contributed by atoms with Gasteiger partial charge in [-0.05, 0) is 31.5 Å². The van der Waals surface area contributed by atoms with E-state index in [-0.39, 0.29) is 16.7 Å². The largest absolute Gasteiger partial charge is 0.355 e. The number of carbonyl (C=O) groups excluding carboxylic acids is 1. The first kappa shape index (κ1) is 15.5. The molecule has 2 rings (SSSR count). The maximum absolute atomic E-state index is 12.3. The van der Waals surface area contributed by atoms with Gasteiger partial charge >= 0.3 is 0 Å². The molecule has 1 aromatic rings. The third kappa shape index (κ3) is 3.23. The highest BCUT2D eigenvalue weighted by Crippen LogP contribution is 2.45. The first-order valence-corrected chi connectivity index (χ1v) is 7.88. The number of nitrogens with one attached hydrogen (secondary N) is 2. The summed E-state index contributed by atoms with van der Waals surface area (Å²) in [5.74, 6) is 0.187. The van der Waals surface area contributed by atoms with Crippen LogP contribution in [0.4, 0.5) is 0 Å². The molecule has 0 saturated heterocycles. The molecule has 1 fully saturated rings. The van der Waals surface area contributed by atoms with E-state index in [1.807, 2.05) is 25.2 Å². The third-order valence-corrected chi connectivity index (χ3v) is 4.84. The molecule has 0 atom stereocenters. The zero-order valence-electron chi connectivity index (χ0n) is 12.4. The Labute approximate surface area is 129 Å². The average molecular weight is 339 g/mol. The first-order valence-electron chi connectivity index (χ1n) is 7.09. The molecular formula is C16H23BrN2O. The van der Waals surface area contributed by atoms with Gasteiger partial charge in [0, 0.05) is 23.0 Å². The van der Waals surface area contributed by atoms with Crippen molar-refractivity contribution in [3.05, 3.63) is 34.3 Å². The van der Waals surface area contributed by atoms with Gasteiger partial charge in [0.15, 0.2) is 0 Å². The molecule has 0 heterocycles. The normalized spacial score (nSPS) is 16.8. The lowest BCUT2D eigenvalue weighted by Gasteiger charge is -2.28. The van der Waals surface area contributed by atoms with Gasteiger partial charge in [0.25, 0.3) is 0 Å².